The molecule has 63 valence electrons. The van der Waals surface area contributed by atoms with Crippen molar-refractivity contribution in [2.75, 3.05) is 13.2 Å². The first-order chi connectivity index (χ1) is 4.45. The first-order valence-corrected chi connectivity index (χ1v) is 3.98. The van der Waals surface area contributed by atoms with Crippen LogP contribution in [-0.2, 0) is 9.09 Å². The van der Waals surface area contributed by atoms with Crippen molar-refractivity contribution in [2.24, 2.45) is 0 Å². The van der Waals surface area contributed by atoms with E-state index in [1.807, 2.05) is 0 Å². The Labute approximate surface area is 75.6 Å². The van der Waals surface area contributed by atoms with Gasteiger partial charge < -0.3 is 20.0 Å². The molecule has 0 rings (SSSR count). The van der Waals surface area contributed by atoms with Crippen LogP contribution in [0.3, 0.4) is 0 Å². The van der Waals surface area contributed by atoms with Crippen LogP contribution in [-0.4, -0.2) is 58.2 Å². The molecule has 1 radical (unpaired) electrons. The van der Waals surface area contributed by atoms with E-state index in [4.69, 9.17) is 20.0 Å². The van der Waals surface area contributed by atoms with E-state index in [2.05, 4.69) is 4.52 Å². The quantitative estimate of drug-likeness (QED) is 0.295. The largest absolute Gasteiger partial charge is 0.469 e. The van der Waals surface area contributed by atoms with Crippen LogP contribution >= 0.6 is 7.82 Å². The van der Waals surface area contributed by atoms with Gasteiger partial charge in [-0.2, -0.15) is 0 Å². The summed E-state index contributed by atoms with van der Waals surface area (Å²) in [6.45, 7) is -1.15. The summed E-state index contributed by atoms with van der Waals surface area (Å²) in [5.41, 5.74) is 0. The summed E-state index contributed by atoms with van der Waals surface area (Å²) < 4.78 is 13.8. The topological polar surface area (TPSA) is 107 Å². The van der Waals surface area contributed by atoms with Crippen molar-refractivity contribution in [3.8, 4) is 0 Å². The summed E-state index contributed by atoms with van der Waals surface area (Å²) >= 11 is 0. The summed E-state index contributed by atoms with van der Waals surface area (Å²) in [6.07, 6.45) is -1.24. The Morgan fingerprint density at radius 3 is 2.18 bits per heavy atom. The second kappa shape index (κ2) is 6.18. The molecule has 0 heterocycles. The summed E-state index contributed by atoms with van der Waals surface area (Å²) in [4.78, 5) is 16.1. The van der Waals surface area contributed by atoms with Gasteiger partial charge in [0.05, 0.1) is 13.2 Å². The standard InChI is InChI=1S/C3H9O6P.Li/c4-1-3(5)2-9-10(6,7)8;/h3-5H,1-2H2,(H2,6,7,8);/t3-;/m1./s1. The molecular formula is C3H9LiO6P. The van der Waals surface area contributed by atoms with Crippen LogP contribution < -0.4 is 0 Å². The molecule has 0 aliphatic rings. The fourth-order valence-corrected chi connectivity index (χ4v) is 0.602. The van der Waals surface area contributed by atoms with E-state index in [1.54, 1.807) is 0 Å². The second-order valence-electron chi connectivity index (χ2n) is 1.62. The normalized spacial score (nSPS) is 13.8. The van der Waals surface area contributed by atoms with Crippen molar-refractivity contribution >= 4 is 26.7 Å². The number of phosphoric acid groups is 1. The van der Waals surface area contributed by atoms with Crippen molar-refractivity contribution in [2.45, 2.75) is 6.10 Å². The number of rotatable bonds is 4. The molecule has 0 saturated heterocycles. The SMILES string of the molecule is O=P(O)(O)OC[C@H](O)CO.[Li]. The van der Waals surface area contributed by atoms with Crippen molar-refractivity contribution in [1.29, 1.82) is 0 Å². The Hall–Kier alpha value is 0.627. The van der Waals surface area contributed by atoms with Gasteiger partial charge in [-0.25, -0.2) is 4.57 Å². The van der Waals surface area contributed by atoms with Crippen LogP contribution in [0.2, 0.25) is 0 Å². The Kier molecular flexibility index (Phi) is 7.96. The van der Waals surface area contributed by atoms with Gasteiger partial charge in [0.2, 0.25) is 0 Å². The van der Waals surface area contributed by atoms with Gasteiger partial charge in [-0.3, -0.25) is 4.52 Å². The number of aliphatic hydroxyl groups is 2. The predicted molar refractivity (Wildman–Crippen MR) is 36.8 cm³/mol. The number of phosphoric ester groups is 1. The van der Waals surface area contributed by atoms with Crippen molar-refractivity contribution < 1.29 is 29.1 Å². The molecule has 11 heavy (non-hydrogen) atoms. The first kappa shape index (κ1) is 14.2. The van der Waals surface area contributed by atoms with E-state index >= 15 is 0 Å². The Morgan fingerprint density at radius 1 is 1.45 bits per heavy atom. The van der Waals surface area contributed by atoms with Crippen LogP contribution in [0.4, 0.5) is 0 Å². The fraction of sp³-hybridized carbons (Fsp3) is 1.00. The Balaban J connectivity index is 0. The molecule has 0 aromatic heterocycles. The van der Waals surface area contributed by atoms with E-state index in [-0.39, 0.29) is 18.9 Å². The molecule has 0 fully saturated rings. The van der Waals surface area contributed by atoms with Gasteiger partial charge in [0.25, 0.3) is 0 Å². The van der Waals surface area contributed by atoms with Crippen LogP contribution in [0.5, 0.6) is 0 Å². The van der Waals surface area contributed by atoms with E-state index in [0.29, 0.717) is 0 Å². The molecule has 0 aromatic rings. The zero-order valence-corrected chi connectivity index (χ0v) is 6.94. The maximum absolute atomic E-state index is 9.93. The molecule has 0 saturated carbocycles. The average molecular weight is 179 g/mol. The zero-order valence-electron chi connectivity index (χ0n) is 6.04. The predicted octanol–water partition coefficient (Wildman–Crippen LogP) is -1.93. The molecule has 4 N–H and O–H groups in total. The zero-order chi connectivity index (χ0) is 8.20. The molecule has 1 atom stereocenters. The maximum atomic E-state index is 9.93. The van der Waals surface area contributed by atoms with Crippen LogP contribution in [0.1, 0.15) is 0 Å². The minimum atomic E-state index is -4.50. The monoisotopic (exact) mass is 179 g/mol. The van der Waals surface area contributed by atoms with Gasteiger partial charge in [-0.05, 0) is 0 Å². The third kappa shape index (κ3) is 10.6. The Bertz CT molecular complexity index is 134. The molecular weight excluding hydrogens is 170 g/mol. The van der Waals surface area contributed by atoms with E-state index in [0.717, 1.165) is 0 Å². The van der Waals surface area contributed by atoms with Gasteiger partial charge >= 0.3 is 7.82 Å². The molecule has 8 heteroatoms. The molecule has 6 nitrogen and oxygen atoms in total. The van der Waals surface area contributed by atoms with Gasteiger partial charge in [0.1, 0.15) is 6.10 Å². The maximum Gasteiger partial charge on any atom is 0.469 e. The summed E-state index contributed by atoms with van der Waals surface area (Å²) in [6, 6.07) is 0. The molecule has 0 aromatic carbocycles. The third-order valence-corrected chi connectivity index (χ3v) is 1.13. The van der Waals surface area contributed by atoms with Gasteiger partial charge in [0.15, 0.2) is 0 Å². The molecule has 0 amide bonds. The molecule has 0 unspecified atom stereocenters. The second-order valence-corrected chi connectivity index (χ2v) is 2.86. The first-order valence-electron chi connectivity index (χ1n) is 2.44. The van der Waals surface area contributed by atoms with E-state index < -0.39 is 27.1 Å². The minimum Gasteiger partial charge on any atom is -0.394 e. The smallest absolute Gasteiger partial charge is 0.394 e. The van der Waals surface area contributed by atoms with Crippen LogP contribution in [0.25, 0.3) is 0 Å². The fourth-order valence-electron chi connectivity index (χ4n) is 0.236. The van der Waals surface area contributed by atoms with Gasteiger partial charge in [0, 0.05) is 18.9 Å². The Morgan fingerprint density at radius 2 is 1.91 bits per heavy atom. The third-order valence-electron chi connectivity index (χ3n) is 0.646. The minimum absolute atomic E-state index is 0. The van der Waals surface area contributed by atoms with Crippen LogP contribution in [0, 0.1) is 0 Å². The van der Waals surface area contributed by atoms with Crippen molar-refractivity contribution in [1.82, 2.24) is 0 Å². The van der Waals surface area contributed by atoms with E-state index in [1.165, 1.54) is 0 Å². The summed E-state index contributed by atoms with van der Waals surface area (Å²) in [7, 11) is -4.50. The summed E-state index contributed by atoms with van der Waals surface area (Å²) in [5.74, 6) is 0. The van der Waals surface area contributed by atoms with Gasteiger partial charge in [-0.1, -0.05) is 0 Å². The molecule has 0 aliphatic heterocycles. The molecule has 0 bridgehead atoms. The molecule has 0 spiro atoms. The van der Waals surface area contributed by atoms with Gasteiger partial charge in [-0.15, -0.1) is 0 Å². The van der Waals surface area contributed by atoms with Crippen LogP contribution in [0.15, 0.2) is 0 Å². The summed E-state index contributed by atoms with van der Waals surface area (Å²) in [5, 5.41) is 16.7. The number of hydrogen-bond donors (Lipinski definition) is 4. The number of aliphatic hydroxyl groups excluding tert-OH is 2. The van der Waals surface area contributed by atoms with Crippen molar-refractivity contribution in [3.05, 3.63) is 0 Å². The van der Waals surface area contributed by atoms with E-state index in [9.17, 15) is 4.57 Å². The molecule has 0 aliphatic carbocycles. The number of hydrogen-bond acceptors (Lipinski definition) is 4. The van der Waals surface area contributed by atoms with Crippen molar-refractivity contribution in [3.63, 3.8) is 0 Å². The average Bonchev–Trinajstić information content (AvgIpc) is 1.81.